The van der Waals surface area contributed by atoms with E-state index >= 15 is 0 Å². The standard InChI is InChI=1S/C25H35N5O6/c1-28-16-27-23-21(28)24(32)30(25(33)29(23)2)12-10-8-6-7-9-11-20(31)26-15-17-13-18(34-3)22(36-5)19(14-17)35-4/h13-14,16H,6-12,15H2,1-5H3,(H,26,31). The fraction of sp³-hybridized carbons (Fsp3) is 0.520. The smallest absolute Gasteiger partial charge is 0.332 e. The largest absolute Gasteiger partial charge is 0.493 e. The van der Waals surface area contributed by atoms with Crippen LogP contribution in [-0.4, -0.2) is 45.9 Å². The van der Waals surface area contributed by atoms with Crippen molar-refractivity contribution in [3.63, 3.8) is 0 Å². The molecule has 0 atom stereocenters. The van der Waals surface area contributed by atoms with Crippen LogP contribution in [-0.2, 0) is 32.0 Å². The average Bonchev–Trinajstić information content (AvgIpc) is 3.28. The first-order valence-corrected chi connectivity index (χ1v) is 12.0. The summed E-state index contributed by atoms with van der Waals surface area (Å²) in [6.45, 7) is 0.724. The highest BCUT2D eigenvalue weighted by Crippen LogP contribution is 2.38. The Morgan fingerprint density at radius 2 is 1.58 bits per heavy atom. The first kappa shape index (κ1) is 26.8. The van der Waals surface area contributed by atoms with Crippen LogP contribution in [0.4, 0.5) is 0 Å². The molecule has 11 heteroatoms. The summed E-state index contributed by atoms with van der Waals surface area (Å²) in [5.74, 6) is 1.57. The van der Waals surface area contributed by atoms with E-state index in [1.807, 2.05) is 12.1 Å². The van der Waals surface area contributed by atoms with Crippen LogP contribution in [0.3, 0.4) is 0 Å². The van der Waals surface area contributed by atoms with Gasteiger partial charge in [0.05, 0.1) is 27.7 Å². The van der Waals surface area contributed by atoms with Gasteiger partial charge in [0.25, 0.3) is 5.56 Å². The second-order valence-electron chi connectivity index (χ2n) is 8.65. The molecule has 36 heavy (non-hydrogen) atoms. The number of hydrogen-bond donors (Lipinski definition) is 1. The summed E-state index contributed by atoms with van der Waals surface area (Å²) in [5, 5.41) is 2.92. The van der Waals surface area contributed by atoms with Crippen molar-refractivity contribution in [1.29, 1.82) is 0 Å². The Morgan fingerprint density at radius 3 is 2.22 bits per heavy atom. The number of nitrogens with zero attached hydrogens (tertiary/aromatic N) is 4. The van der Waals surface area contributed by atoms with Crippen LogP contribution in [0.15, 0.2) is 28.0 Å². The zero-order valence-electron chi connectivity index (χ0n) is 21.6. The Labute approximate surface area is 209 Å². The van der Waals surface area contributed by atoms with Crippen LogP contribution in [0.1, 0.15) is 44.1 Å². The highest BCUT2D eigenvalue weighted by atomic mass is 16.5. The summed E-state index contributed by atoms with van der Waals surface area (Å²) in [5.41, 5.74) is 1.01. The number of aryl methyl sites for hydroxylation is 2. The summed E-state index contributed by atoms with van der Waals surface area (Å²) < 4.78 is 20.3. The highest BCUT2D eigenvalue weighted by Gasteiger charge is 2.15. The number of unbranched alkanes of at least 4 members (excludes halogenated alkanes) is 4. The van der Waals surface area contributed by atoms with Gasteiger partial charge in [-0.15, -0.1) is 0 Å². The normalized spacial score (nSPS) is 11.0. The van der Waals surface area contributed by atoms with Gasteiger partial charge in [0.1, 0.15) is 0 Å². The van der Waals surface area contributed by atoms with E-state index in [-0.39, 0.29) is 17.2 Å². The second kappa shape index (κ2) is 12.3. The number of fused-ring (bicyclic) bond motifs is 1. The highest BCUT2D eigenvalue weighted by molar-refractivity contribution is 5.75. The van der Waals surface area contributed by atoms with Crippen LogP contribution < -0.4 is 30.8 Å². The van der Waals surface area contributed by atoms with Gasteiger partial charge >= 0.3 is 5.69 Å². The van der Waals surface area contributed by atoms with E-state index in [9.17, 15) is 14.4 Å². The fourth-order valence-corrected chi connectivity index (χ4v) is 4.21. The lowest BCUT2D eigenvalue weighted by Gasteiger charge is -2.14. The summed E-state index contributed by atoms with van der Waals surface area (Å²) >= 11 is 0. The molecule has 0 radical (unpaired) electrons. The number of ether oxygens (including phenoxy) is 3. The maximum Gasteiger partial charge on any atom is 0.332 e. The topological polar surface area (TPSA) is 119 Å². The number of imidazole rings is 1. The van der Waals surface area contributed by atoms with E-state index < -0.39 is 0 Å². The molecule has 0 fully saturated rings. The second-order valence-corrected chi connectivity index (χ2v) is 8.65. The van der Waals surface area contributed by atoms with E-state index in [0.29, 0.717) is 54.3 Å². The number of nitrogens with one attached hydrogen (secondary N) is 1. The Balaban J connectivity index is 1.40. The van der Waals surface area contributed by atoms with Gasteiger partial charge in [-0.1, -0.05) is 19.3 Å². The molecule has 0 aliphatic rings. The lowest BCUT2D eigenvalue weighted by atomic mass is 10.1. The van der Waals surface area contributed by atoms with Crippen LogP contribution >= 0.6 is 0 Å². The number of carbonyl (C=O) groups is 1. The summed E-state index contributed by atoms with van der Waals surface area (Å²) in [4.78, 5) is 41.7. The van der Waals surface area contributed by atoms with E-state index in [1.54, 1.807) is 40.0 Å². The van der Waals surface area contributed by atoms with E-state index in [0.717, 1.165) is 31.2 Å². The van der Waals surface area contributed by atoms with Crippen LogP contribution in [0.5, 0.6) is 17.2 Å². The van der Waals surface area contributed by atoms with Crippen molar-refractivity contribution in [2.24, 2.45) is 14.1 Å². The summed E-state index contributed by atoms with van der Waals surface area (Å²) in [6, 6.07) is 3.62. The molecule has 11 nitrogen and oxygen atoms in total. The molecule has 0 saturated heterocycles. The third-order valence-electron chi connectivity index (χ3n) is 6.20. The predicted molar refractivity (Wildman–Crippen MR) is 136 cm³/mol. The monoisotopic (exact) mass is 501 g/mol. The van der Waals surface area contributed by atoms with Gasteiger partial charge in [0.15, 0.2) is 22.7 Å². The van der Waals surface area contributed by atoms with Crippen molar-refractivity contribution in [2.45, 2.75) is 51.6 Å². The fourth-order valence-electron chi connectivity index (χ4n) is 4.21. The van der Waals surface area contributed by atoms with Crippen molar-refractivity contribution in [1.82, 2.24) is 24.0 Å². The Hall–Kier alpha value is -3.76. The average molecular weight is 502 g/mol. The molecule has 1 N–H and O–H groups in total. The number of hydrogen-bond acceptors (Lipinski definition) is 7. The van der Waals surface area contributed by atoms with E-state index in [1.165, 1.54) is 15.5 Å². The van der Waals surface area contributed by atoms with Crippen molar-refractivity contribution in [3.8, 4) is 17.2 Å². The maximum absolute atomic E-state index is 12.7. The molecular formula is C25H35N5O6. The summed E-state index contributed by atoms with van der Waals surface area (Å²) in [7, 11) is 8.02. The molecule has 0 aliphatic carbocycles. The molecule has 0 spiro atoms. The number of benzene rings is 1. The molecule has 0 bridgehead atoms. The minimum atomic E-state index is -0.352. The van der Waals surface area contributed by atoms with Gasteiger partial charge in [0, 0.05) is 33.6 Å². The Bertz CT molecular complexity index is 1300. The number of amides is 1. The van der Waals surface area contributed by atoms with Gasteiger partial charge in [-0.3, -0.25) is 18.7 Å². The lowest BCUT2D eigenvalue weighted by Crippen LogP contribution is -2.39. The zero-order chi connectivity index (χ0) is 26.2. The molecule has 3 rings (SSSR count). The van der Waals surface area contributed by atoms with Crippen molar-refractivity contribution in [3.05, 3.63) is 44.9 Å². The third-order valence-corrected chi connectivity index (χ3v) is 6.20. The molecule has 2 aromatic heterocycles. The van der Waals surface area contributed by atoms with Crippen molar-refractivity contribution >= 4 is 17.1 Å². The van der Waals surface area contributed by atoms with Gasteiger partial charge < -0.3 is 24.1 Å². The number of rotatable bonds is 13. The Kier molecular flexibility index (Phi) is 9.15. The minimum Gasteiger partial charge on any atom is -0.493 e. The van der Waals surface area contributed by atoms with Gasteiger partial charge in [-0.2, -0.15) is 0 Å². The first-order valence-electron chi connectivity index (χ1n) is 12.0. The molecule has 3 aromatic rings. The van der Waals surface area contributed by atoms with Gasteiger partial charge in [-0.05, 0) is 30.5 Å². The quantitative estimate of drug-likeness (QED) is 0.356. The number of methoxy groups -OCH3 is 3. The zero-order valence-corrected chi connectivity index (χ0v) is 21.6. The Morgan fingerprint density at radius 1 is 0.944 bits per heavy atom. The van der Waals surface area contributed by atoms with E-state index in [4.69, 9.17) is 14.2 Å². The third kappa shape index (κ3) is 5.89. The molecule has 2 heterocycles. The SMILES string of the molecule is COc1cc(CNC(=O)CCCCCCCn2c(=O)c3c(ncn3C)n(C)c2=O)cc(OC)c1OC. The van der Waals surface area contributed by atoms with Crippen LogP contribution in [0.25, 0.3) is 11.2 Å². The van der Waals surface area contributed by atoms with Crippen molar-refractivity contribution < 1.29 is 19.0 Å². The molecule has 0 aliphatic heterocycles. The number of aromatic nitrogens is 4. The minimum absolute atomic E-state index is 0.0247. The maximum atomic E-state index is 12.7. The molecule has 196 valence electrons. The molecule has 1 amide bonds. The molecule has 1 aromatic carbocycles. The molecule has 0 unspecified atom stereocenters. The first-order chi connectivity index (χ1) is 17.3. The van der Waals surface area contributed by atoms with Gasteiger partial charge in [-0.25, -0.2) is 9.78 Å². The van der Waals surface area contributed by atoms with E-state index in [2.05, 4.69) is 10.3 Å². The van der Waals surface area contributed by atoms with Crippen molar-refractivity contribution in [2.75, 3.05) is 21.3 Å². The number of carbonyl (C=O) groups excluding carboxylic acids is 1. The lowest BCUT2D eigenvalue weighted by molar-refractivity contribution is -0.121. The summed E-state index contributed by atoms with van der Waals surface area (Å²) in [6.07, 6.45) is 6.13. The molecular weight excluding hydrogens is 466 g/mol. The van der Waals surface area contributed by atoms with Crippen LogP contribution in [0.2, 0.25) is 0 Å². The van der Waals surface area contributed by atoms with Crippen LogP contribution in [0, 0.1) is 0 Å². The predicted octanol–water partition coefficient (Wildman–Crippen LogP) is 2.12. The molecule has 0 saturated carbocycles. The van der Waals surface area contributed by atoms with Gasteiger partial charge in [0.2, 0.25) is 11.7 Å².